The number of fused-ring (bicyclic) bond motifs is 1. The Kier molecular flexibility index (Phi) is 3.24. The molecule has 0 aliphatic carbocycles. The van der Waals surface area contributed by atoms with Gasteiger partial charge in [-0.15, -0.1) is 5.10 Å². The zero-order valence-corrected chi connectivity index (χ0v) is 10.1. The van der Waals surface area contributed by atoms with Crippen LogP contribution in [0, 0.1) is 0 Å². The van der Waals surface area contributed by atoms with E-state index in [1.54, 1.807) is 6.20 Å². The molecule has 2 N–H and O–H groups in total. The van der Waals surface area contributed by atoms with Gasteiger partial charge in [0.2, 0.25) is 0 Å². The summed E-state index contributed by atoms with van der Waals surface area (Å²) in [6, 6.07) is 7.98. The summed E-state index contributed by atoms with van der Waals surface area (Å²) in [5, 5.41) is 22.6. The molecule has 0 aliphatic rings. The van der Waals surface area contributed by atoms with E-state index in [1.807, 2.05) is 38.1 Å². The van der Waals surface area contributed by atoms with Crippen LogP contribution in [0.5, 0.6) is 0 Å². The van der Waals surface area contributed by atoms with E-state index in [1.165, 1.54) is 0 Å². The monoisotopic (exact) mass is 231 g/mol. The van der Waals surface area contributed by atoms with Crippen molar-refractivity contribution in [3.05, 3.63) is 30.5 Å². The summed E-state index contributed by atoms with van der Waals surface area (Å²) in [5.41, 5.74) is -0.201. The molecule has 17 heavy (non-hydrogen) atoms. The highest BCUT2D eigenvalue weighted by atomic mass is 16.3. The number of aromatic nitrogens is 2. The number of nitrogens with zero attached hydrogens (tertiary/aromatic N) is 2. The molecule has 1 aromatic carbocycles. The number of aliphatic hydroxyl groups excluding tert-OH is 1. The summed E-state index contributed by atoms with van der Waals surface area (Å²) in [6.45, 7) is 4.22. The molecule has 0 fully saturated rings. The molecule has 0 saturated carbocycles. The molecule has 0 saturated heterocycles. The van der Waals surface area contributed by atoms with Gasteiger partial charge < -0.3 is 10.4 Å². The first-order valence-electron chi connectivity index (χ1n) is 5.72. The molecule has 1 heterocycles. The van der Waals surface area contributed by atoms with Crippen LogP contribution in [0.2, 0.25) is 0 Å². The van der Waals surface area contributed by atoms with Crippen molar-refractivity contribution >= 4 is 16.6 Å². The predicted octanol–water partition coefficient (Wildman–Crippen LogP) is 2.20. The molecule has 0 bridgehead atoms. The quantitative estimate of drug-likeness (QED) is 0.847. The third kappa shape index (κ3) is 2.71. The lowest BCUT2D eigenvalue weighted by atomic mass is 10.0. The second kappa shape index (κ2) is 4.67. The van der Waals surface area contributed by atoms with Crippen molar-refractivity contribution in [3.63, 3.8) is 0 Å². The second-order valence-corrected chi connectivity index (χ2v) is 4.76. The average Bonchev–Trinajstić information content (AvgIpc) is 2.29. The molecule has 1 aromatic heterocycles. The standard InChI is InChI=1S/C13H17N3O/c1-13(2,7-8-17)15-12-11-6-4-3-5-10(11)9-14-16-12/h3-6,9,17H,7-8H2,1-2H3,(H,15,16). The van der Waals surface area contributed by atoms with E-state index in [0.29, 0.717) is 6.42 Å². The maximum absolute atomic E-state index is 9.02. The summed E-state index contributed by atoms with van der Waals surface area (Å²) in [4.78, 5) is 0. The second-order valence-electron chi connectivity index (χ2n) is 4.76. The Hall–Kier alpha value is -1.68. The van der Waals surface area contributed by atoms with Crippen molar-refractivity contribution in [2.45, 2.75) is 25.8 Å². The first kappa shape index (κ1) is 11.8. The normalized spacial score (nSPS) is 11.7. The molecule has 90 valence electrons. The molecule has 0 unspecified atom stereocenters. The van der Waals surface area contributed by atoms with Crippen LogP contribution in [-0.2, 0) is 0 Å². The van der Waals surface area contributed by atoms with Gasteiger partial charge in [-0.25, -0.2) is 0 Å². The van der Waals surface area contributed by atoms with Crippen LogP contribution >= 0.6 is 0 Å². The van der Waals surface area contributed by atoms with Crippen molar-refractivity contribution in [1.82, 2.24) is 10.2 Å². The lowest BCUT2D eigenvalue weighted by Crippen LogP contribution is -2.32. The summed E-state index contributed by atoms with van der Waals surface area (Å²) >= 11 is 0. The van der Waals surface area contributed by atoms with Crippen molar-refractivity contribution in [2.24, 2.45) is 0 Å². The molecule has 4 heteroatoms. The van der Waals surface area contributed by atoms with Crippen LogP contribution in [0.4, 0.5) is 5.82 Å². The maximum Gasteiger partial charge on any atom is 0.156 e. The Bertz CT molecular complexity index is 505. The fraction of sp³-hybridized carbons (Fsp3) is 0.385. The molecule has 0 radical (unpaired) electrons. The van der Waals surface area contributed by atoms with Gasteiger partial charge in [-0.1, -0.05) is 24.3 Å². The van der Waals surface area contributed by atoms with Gasteiger partial charge in [0, 0.05) is 22.9 Å². The first-order valence-corrected chi connectivity index (χ1v) is 5.72. The van der Waals surface area contributed by atoms with Crippen LogP contribution in [0.25, 0.3) is 10.8 Å². The van der Waals surface area contributed by atoms with Gasteiger partial charge in [-0.05, 0) is 20.3 Å². The summed E-state index contributed by atoms with van der Waals surface area (Å²) < 4.78 is 0. The highest BCUT2D eigenvalue weighted by molar-refractivity contribution is 5.91. The number of anilines is 1. The summed E-state index contributed by atoms with van der Waals surface area (Å²) in [6.07, 6.45) is 2.41. The Labute approximate surface area is 101 Å². The highest BCUT2D eigenvalue weighted by Crippen LogP contribution is 2.23. The number of benzene rings is 1. The molecule has 0 spiro atoms. The molecular weight excluding hydrogens is 214 g/mol. The average molecular weight is 231 g/mol. The lowest BCUT2D eigenvalue weighted by Gasteiger charge is -2.26. The Morgan fingerprint density at radius 2 is 2.06 bits per heavy atom. The predicted molar refractivity (Wildman–Crippen MR) is 68.9 cm³/mol. The van der Waals surface area contributed by atoms with E-state index in [-0.39, 0.29) is 12.1 Å². The van der Waals surface area contributed by atoms with E-state index in [4.69, 9.17) is 5.11 Å². The van der Waals surface area contributed by atoms with E-state index < -0.39 is 0 Å². The van der Waals surface area contributed by atoms with Crippen molar-refractivity contribution < 1.29 is 5.11 Å². The number of rotatable bonds is 4. The smallest absolute Gasteiger partial charge is 0.156 e. The van der Waals surface area contributed by atoms with Crippen LogP contribution in [0.1, 0.15) is 20.3 Å². The number of aliphatic hydroxyl groups is 1. The topological polar surface area (TPSA) is 58.0 Å². The summed E-state index contributed by atoms with van der Waals surface area (Å²) in [7, 11) is 0. The third-order valence-electron chi connectivity index (χ3n) is 2.76. The van der Waals surface area contributed by atoms with Crippen LogP contribution in [0.3, 0.4) is 0 Å². The summed E-state index contributed by atoms with van der Waals surface area (Å²) in [5.74, 6) is 0.765. The fourth-order valence-electron chi connectivity index (χ4n) is 1.78. The van der Waals surface area contributed by atoms with Gasteiger partial charge in [0.05, 0.1) is 6.20 Å². The number of hydrogen-bond donors (Lipinski definition) is 2. The Morgan fingerprint density at radius 1 is 1.29 bits per heavy atom. The largest absolute Gasteiger partial charge is 0.396 e. The fourth-order valence-corrected chi connectivity index (χ4v) is 1.78. The van der Waals surface area contributed by atoms with Gasteiger partial charge in [0.25, 0.3) is 0 Å². The minimum absolute atomic E-state index is 0.151. The molecule has 2 aromatic rings. The molecule has 0 amide bonds. The van der Waals surface area contributed by atoms with E-state index in [0.717, 1.165) is 16.6 Å². The number of nitrogens with one attached hydrogen (secondary N) is 1. The van der Waals surface area contributed by atoms with Crippen LogP contribution in [0.15, 0.2) is 30.5 Å². The maximum atomic E-state index is 9.02. The van der Waals surface area contributed by atoms with E-state index in [9.17, 15) is 0 Å². The SMILES string of the molecule is CC(C)(CCO)Nc1nncc2ccccc12. The van der Waals surface area contributed by atoms with Crippen LogP contribution in [-0.4, -0.2) is 27.4 Å². The van der Waals surface area contributed by atoms with Crippen molar-refractivity contribution in [3.8, 4) is 0 Å². The van der Waals surface area contributed by atoms with E-state index in [2.05, 4.69) is 15.5 Å². The molecule has 2 rings (SSSR count). The Balaban J connectivity index is 2.36. The molecule has 0 atom stereocenters. The van der Waals surface area contributed by atoms with Gasteiger partial charge in [-0.3, -0.25) is 0 Å². The minimum Gasteiger partial charge on any atom is -0.396 e. The van der Waals surface area contributed by atoms with Crippen LogP contribution < -0.4 is 5.32 Å². The van der Waals surface area contributed by atoms with Crippen molar-refractivity contribution in [2.75, 3.05) is 11.9 Å². The first-order chi connectivity index (χ1) is 8.12. The lowest BCUT2D eigenvalue weighted by molar-refractivity contribution is 0.260. The van der Waals surface area contributed by atoms with E-state index >= 15 is 0 Å². The van der Waals surface area contributed by atoms with Gasteiger partial charge >= 0.3 is 0 Å². The van der Waals surface area contributed by atoms with Gasteiger partial charge in [-0.2, -0.15) is 5.10 Å². The third-order valence-corrected chi connectivity index (χ3v) is 2.76. The molecule has 0 aliphatic heterocycles. The van der Waals surface area contributed by atoms with Crippen molar-refractivity contribution in [1.29, 1.82) is 0 Å². The zero-order valence-electron chi connectivity index (χ0n) is 10.1. The molecular formula is C13H17N3O. The zero-order chi connectivity index (χ0) is 12.3. The van der Waals surface area contributed by atoms with Gasteiger partial charge in [0.1, 0.15) is 0 Å². The minimum atomic E-state index is -0.201. The van der Waals surface area contributed by atoms with Gasteiger partial charge in [0.15, 0.2) is 5.82 Å². The molecule has 4 nitrogen and oxygen atoms in total. The Morgan fingerprint density at radius 3 is 2.82 bits per heavy atom. The number of hydrogen-bond acceptors (Lipinski definition) is 4. The highest BCUT2D eigenvalue weighted by Gasteiger charge is 2.18.